The molecule has 0 amide bonds. The van der Waals surface area contributed by atoms with Crippen LogP contribution in [0.15, 0.2) is 34.2 Å². The van der Waals surface area contributed by atoms with Crippen molar-refractivity contribution in [2.75, 3.05) is 0 Å². The van der Waals surface area contributed by atoms with E-state index in [0.29, 0.717) is 5.69 Å². The van der Waals surface area contributed by atoms with E-state index in [1.807, 2.05) is 30.5 Å². The van der Waals surface area contributed by atoms with Gasteiger partial charge in [-0.3, -0.25) is 4.98 Å². The normalized spacial score (nSPS) is 12.7. The fourth-order valence-corrected chi connectivity index (χ4v) is 2.77. The minimum Gasteiger partial charge on any atom is -0.381 e. The molecule has 1 atom stereocenters. The standard InChI is InChI=1S/C11H10BrNOS/c1-7-4-6-15-11(7)10(14)9-8(12)3-2-5-13-9/h2-6,10,14H,1H3. The molecule has 0 aliphatic heterocycles. The minimum absolute atomic E-state index is 0.638. The molecule has 0 fully saturated rings. The molecule has 0 radical (unpaired) electrons. The maximum Gasteiger partial charge on any atom is 0.131 e. The zero-order valence-electron chi connectivity index (χ0n) is 8.14. The van der Waals surface area contributed by atoms with Crippen molar-refractivity contribution in [2.24, 2.45) is 0 Å². The van der Waals surface area contributed by atoms with Crippen LogP contribution in [0.4, 0.5) is 0 Å². The fourth-order valence-electron chi connectivity index (χ4n) is 1.39. The molecule has 0 spiro atoms. The number of aromatic nitrogens is 1. The second-order valence-electron chi connectivity index (χ2n) is 3.24. The number of pyridine rings is 1. The van der Waals surface area contributed by atoms with Gasteiger partial charge in [-0.2, -0.15) is 0 Å². The minimum atomic E-state index is -0.638. The SMILES string of the molecule is Cc1ccsc1C(O)c1ncccc1Br. The average molecular weight is 284 g/mol. The van der Waals surface area contributed by atoms with Gasteiger partial charge in [0.25, 0.3) is 0 Å². The van der Waals surface area contributed by atoms with Gasteiger partial charge in [-0.05, 0) is 52.0 Å². The van der Waals surface area contributed by atoms with Crippen molar-refractivity contribution in [2.45, 2.75) is 13.0 Å². The first-order valence-electron chi connectivity index (χ1n) is 4.52. The molecule has 1 N–H and O–H groups in total. The lowest BCUT2D eigenvalue weighted by molar-refractivity contribution is 0.217. The summed E-state index contributed by atoms with van der Waals surface area (Å²) >= 11 is 4.94. The van der Waals surface area contributed by atoms with Crippen molar-refractivity contribution in [1.82, 2.24) is 4.98 Å². The van der Waals surface area contributed by atoms with E-state index in [9.17, 15) is 5.11 Å². The molecule has 0 saturated carbocycles. The molecule has 2 aromatic heterocycles. The zero-order valence-corrected chi connectivity index (χ0v) is 10.5. The largest absolute Gasteiger partial charge is 0.381 e. The number of thiophene rings is 1. The topological polar surface area (TPSA) is 33.1 Å². The van der Waals surface area contributed by atoms with Crippen molar-refractivity contribution in [3.63, 3.8) is 0 Å². The summed E-state index contributed by atoms with van der Waals surface area (Å²) in [6, 6.07) is 5.72. The summed E-state index contributed by atoms with van der Waals surface area (Å²) in [7, 11) is 0. The molecule has 2 rings (SSSR count). The smallest absolute Gasteiger partial charge is 0.131 e. The number of rotatable bonds is 2. The predicted molar refractivity (Wildman–Crippen MR) is 65.1 cm³/mol. The molecule has 0 aliphatic rings. The van der Waals surface area contributed by atoms with E-state index in [4.69, 9.17) is 0 Å². The third kappa shape index (κ3) is 2.12. The maximum atomic E-state index is 10.2. The average Bonchev–Trinajstić information content (AvgIpc) is 2.64. The fraction of sp³-hybridized carbons (Fsp3) is 0.182. The number of halogens is 1. The lowest BCUT2D eigenvalue weighted by Gasteiger charge is -2.10. The molecule has 2 aromatic rings. The van der Waals surface area contributed by atoms with Gasteiger partial charge >= 0.3 is 0 Å². The molecular formula is C11H10BrNOS. The van der Waals surface area contributed by atoms with Crippen LogP contribution in [0, 0.1) is 6.92 Å². The number of hydrogen-bond acceptors (Lipinski definition) is 3. The van der Waals surface area contributed by atoms with Gasteiger partial charge in [0.1, 0.15) is 6.10 Å². The van der Waals surface area contributed by atoms with Gasteiger partial charge in [-0.25, -0.2) is 0 Å². The van der Waals surface area contributed by atoms with Gasteiger partial charge in [0.2, 0.25) is 0 Å². The Bertz CT molecular complexity index is 469. The van der Waals surface area contributed by atoms with Crippen LogP contribution in [-0.2, 0) is 0 Å². The van der Waals surface area contributed by atoms with Gasteiger partial charge in [0, 0.05) is 15.5 Å². The lowest BCUT2D eigenvalue weighted by Crippen LogP contribution is -2.02. The Morgan fingerprint density at radius 1 is 1.47 bits per heavy atom. The van der Waals surface area contributed by atoms with Crippen molar-refractivity contribution in [3.05, 3.63) is 50.4 Å². The van der Waals surface area contributed by atoms with Crippen molar-refractivity contribution < 1.29 is 5.11 Å². The highest BCUT2D eigenvalue weighted by Gasteiger charge is 2.17. The van der Waals surface area contributed by atoms with Gasteiger partial charge in [-0.1, -0.05) is 0 Å². The van der Waals surface area contributed by atoms with Crippen LogP contribution < -0.4 is 0 Å². The Hall–Kier alpha value is -0.710. The molecular weight excluding hydrogens is 274 g/mol. The maximum absolute atomic E-state index is 10.2. The summed E-state index contributed by atoms with van der Waals surface area (Å²) in [5.41, 5.74) is 1.77. The first-order valence-corrected chi connectivity index (χ1v) is 6.20. The second kappa shape index (κ2) is 4.43. The van der Waals surface area contributed by atoms with Crippen LogP contribution in [0.5, 0.6) is 0 Å². The molecule has 15 heavy (non-hydrogen) atoms. The number of aliphatic hydroxyl groups excluding tert-OH is 1. The predicted octanol–water partition coefficient (Wildman–Crippen LogP) is 3.30. The van der Waals surface area contributed by atoms with E-state index in [0.717, 1.165) is 14.9 Å². The molecule has 1 unspecified atom stereocenters. The van der Waals surface area contributed by atoms with Crippen molar-refractivity contribution in [1.29, 1.82) is 0 Å². The van der Waals surface area contributed by atoms with Gasteiger partial charge in [0.05, 0.1) is 5.69 Å². The molecule has 78 valence electrons. The summed E-state index contributed by atoms with van der Waals surface area (Å²) in [5, 5.41) is 12.1. The number of hydrogen-bond donors (Lipinski definition) is 1. The van der Waals surface area contributed by atoms with E-state index in [2.05, 4.69) is 20.9 Å². The lowest BCUT2D eigenvalue weighted by atomic mass is 10.1. The Labute approximate surface area is 101 Å². The quantitative estimate of drug-likeness (QED) is 0.918. The Balaban J connectivity index is 2.41. The monoisotopic (exact) mass is 283 g/mol. The van der Waals surface area contributed by atoms with E-state index in [-0.39, 0.29) is 0 Å². The highest BCUT2D eigenvalue weighted by Crippen LogP contribution is 2.31. The summed E-state index contributed by atoms with van der Waals surface area (Å²) in [5.74, 6) is 0. The Kier molecular flexibility index (Phi) is 3.19. The number of nitrogens with zero attached hydrogens (tertiary/aromatic N) is 1. The zero-order chi connectivity index (χ0) is 10.8. The summed E-state index contributed by atoms with van der Waals surface area (Å²) in [6.45, 7) is 1.99. The third-order valence-electron chi connectivity index (χ3n) is 2.20. The number of aryl methyl sites for hydroxylation is 1. The molecule has 0 aromatic carbocycles. The van der Waals surface area contributed by atoms with E-state index in [1.165, 1.54) is 0 Å². The number of aliphatic hydroxyl groups is 1. The highest BCUT2D eigenvalue weighted by atomic mass is 79.9. The van der Waals surface area contributed by atoms with Gasteiger partial charge in [0.15, 0.2) is 0 Å². The third-order valence-corrected chi connectivity index (χ3v) is 3.94. The molecule has 2 nitrogen and oxygen atoms in total. The molecule has 4 heteroatoms. The van der Waals surface area contributed by atoms with Gasteiger partial charge in [-0.15, -0.1) is 11.3 Å². The summed E-state index contributed by atoms with van der Waals surface area (Å²) in [6.07, 6.45) is 1.05. The Morgan fingerprint density at radius 2 is 2.27 bits per heavy atom. The van der Waals surface area contributed by atoms with Crippen LogP contribution in [0.3, 0.4) is 0 Å². The first-order chi connectivity index (χ1) is 7.20. The molecule has 0 saturated heterocycles. The summed E-state index contributed by atoms with van der Waals surface area (Å²) in [4.78, 5) is 5.14. The van der Waals surface area contributed by atoms with Crippen LogP contribution in [0.1, 0.15) is 22.2 Å². The van der Waals surface area contributed by atoms with Crippen LogP contribution in [0.25, 0.3) is 0 Å². The highest BCUT2D eigenvalue weighted by molar-refractivity contribution is 9.10. The molecule has 0 aliphatic carbocycles. The van der Waals surface area contributed by atoms with E-state index in [1.54, 1.807) is 17.5 Å². The Morgan fingerprint density at radius 3 is 2.87 bits per heavy atom. The first kappa shape index (κ1) is 10.8. The second-order valence-corrected chi connectivity index (χ2v) is 5.04. The van der Waals surface area contributed by atoms with Crippen LogP contribution in [-0.4, -0.2) is 10.1 Å². The van der Waals surface area contributed by atoms with E-state index < -0.39 is 6.10 Å². The summed E-state index contributed by atoms with van der Waals surface area (Å²) < 4.78 is 0.838. The van der Waals surface area contributed by atoms with Crippen LogP contribution in [0.2, 0.25) is 0 Å². The van der Waals surface area contributed by atoms with Crippen molar-refractivity contribution in [3.8, 4) is 0 Å². The van der Waals surface area contributed by atoms with Crippen molar-refractivity contribution >= 4 is 27.3 Å². The molecule has 0 bridgehead atoms. The molecule has 2 heterocycles. The van der Waals surface area contributed by atoms with E-state index >= 15 is 0 Å². The van der Waals surface area contributed by atoms with Crippen LogP contribution >= 0.6 is 27.3 Å². The van der Waals surface area contributed by atoms with Gasteiger partial charge < -0.3 is 5.11 Å².